The molecule has 0 bridgehead atoms. The Morgan fingerprint density at radius 1 is 0.791 bits per heavy atom. The van der Waals surface area contributed by atoms with Gasteiger partial charge in [-0.1, -0.05) is 129 Å². The maximum atomic E-state index is 4.32. The van der Waals surface area contributed by atoms with Crippen molar-refractivity contribution in [2.24, 2.45) is 5.92 Å². The van der Waals surface area contributed by atoms with Crippen molar-refractivity contribution in [3.8, 4) is 0 Å². The topological polar surface area (TPSA) is 18.5 Å². The maximum absolute atomic E-state index is 4.32. The lowest BCUT2D eigenvalue weighted by molar-refractivity contribution is 0.179. The first-order chi connectivity index (χ1) is 21.2. The molecule has 1 saturated heterocycles. The van der Waals surface area contributed by atoms with Gasteiger partial charge in [-0.25, -0.2) is 0 Å². The Morgan fingerprint density at radius 2 is 1.37 bits per heavy atom. The van der Waals surface area contributed by atoms with E-state index in [1.807, 2.05) is 0 Å². The van der Waals surface area contributed by atoms with Crippen LogP contribution < -0.4 is 5.32 Å². The fraction of sp³-hybridized carbons (Fsp3) is 0.350. The van der Waals surface area contributed by atoms with E-state index in [-0.39, 0.29) is 0 Å². The number of hydrogen-bond acceptors (Lipinski definition) is 3. The summed E-state index contributed by atoms with van der Waals surface area (Å²) in [6.45, 7) is 14.1. The summed E-state index contributed by atoms with van der Waals surface area (Å²) in [6, 6.07) is 41.9. The predicted octanol–water partition coefficient (Wildman–Crippen LogP) is 8.25. The highest BCUT2D eigenvalue weighted by Gasteiger charge is 2.23. The van der Waals surface area contributed by atoms with Gasteiger partial charge < -0.3 is 10.2 Å². The number of piperidine rings is 1. The molecule has 5 rings (SSSR count). The zero-order chi connectivity index (χ0) is 29.7. The highest BCUT2D eigenvalue weighted by Crippen LogP contribution is 2.29. The summed E-state index contributed by atoms with van der Waals surface area (Å²) in [6.07, 6.45) is 4.81. The number of rotatable bonds is 15. The van der Waals surface area contributed by atoms with Gasteiger partial charge in [-0.05, 0) is 79.1 Å². The van der Waals surface area contributed by atoms with Crippen LogP contribution in [0.25, 0.3) is 5.70 Å². The molecule has 0 radical (unpaired) electrons. The van der Waals surface area contributed by atoms with Crippen LogP contribution in [0.4, 0.5) is 0 Å². The highest BCUT2D eigenvalue weighted by atomic mass is 15.1. The van der Waals surface area contributed by atoms with E-state index in [9.17, 15) is 0 Å². The van der Waals surface area contributed by atoms with Gasteiger partial charge in [0.25, 0.3) is 0 Å². The monoisotopic (exact) mass is 571 g/mol. The molecule has 1 fully saturated rings. The molecule has 1 aliphatic heterocycles. The minimum Gasteiger partial charge on any atom is -0.385 e. The van der Waals surface area contributed by atoms with Crippen LogP contribution in [-0.2, 0) is 13.0 Å². The van der Waals surface area contributed by atoms with Crippen LogP contribution in [0.1, 0.15) is 59.9 Å². The average Bonchev–Trinajstić information content (AvgIpc) is 3.07. The van der Waals surface area contributed by atoms with Crippen LogP contribution in [0, 0.1) is 5.92 Å². The Hall–Kier alpha value is -3.66. The average molecular weight is 572 g/mol. The molecule has 43 heavy (non-hydrogen) atoms. The SMILES string of the molecule is C=C(NCCCN(CC)Cc1ccccc1)c1ccc(CC2CCN(CC(c3ccccc3)c3ccccc3)CC2)cc1. The predicted molar refractivity (Wildman–Crippen MR) is 183 cm³/mol. The quantitative estimate of drug-likeness (QED) is 0.145. The molecule has 1 heterocycles. The van der Waals surface area contributed by atoms with Crippen LogP contribution in [0.5, 0.6) is 0 Å². The molecule has 0 atom stereocenters. The van der Waals surface area contributed by atoms with Crippen molar-refractivity contribution in [3.63, 3.8) is 0 Å². The largest absolute Gasteiger partial charge is 0.385 e. The maximum Gasteiger partial charge on any atom is 0.0340 e. The lowest BCUT2D eigenvalue weighted by atomic mass is 9.87. The van der Waals surface area contributed by atoms with Gasteiger partial charge in [0.05, 0.1) is 0 Å². The summed E-state index contributed by atoms with van der Waals surface area (Å²) in [5, 5.41) is 3.56. The number of likely N-dealkylation sites (tertiary alicyclic amines) is 1. The van der Waals surface area contributed by atoms with Gasteiger partial charge >= 0.3 is 0 Å². The molecule has 0 aromatic heterocycles. The van der Waals surface area contributed by atoms with E-state index < -0.39 is 0 Å². The molecule has 224 valence electrons. The fourth-order valence-electron chi connectivity index (χ4n) is 6.42. The summed E-state index contributed by atoms with van der Waals surface area (Å²) in [7, 11) is 0. The highest BCUT2D eigenvalue weighted by molar-refractivity contribution is 5.61. The van der Waals surface area contributed by atoms with Gasteiger partial charge in [-0.2, -0.15) is 0 Å². The third-order valence-corrected chi connectivity index (χ3v) is 9.06. The van der Waals surface area contributed by atoms with E-state index in [0.29, 0.717) is 5.92 Å². The molecule has 0 aliphatic carbocycles. The molecule has 3 heteroatoms. The van der Waals surface area contributed by atoms with Crippen molar-refractivity contribution >= 4 is 5.70 Å². The smallest absolute Gasteiger partial charge is 0.0340 e. The van der Waals surface area contributed by atoms with Crippen molar-refractivity contribution < 1.29 is 0 Å². The van der Waals surface area contributed by atoms with Crippen molar-refractivity contribution in [3.05, 3.63) is 150 Å². The molecule has 0 amide bonds. The Morgan fingerprint density at radius 3 is 1.95 bits per heavy atom. The summed E-state index contributed by atoms with van der Waals surface area (Å²) in [5.41, 5.74) is 7.88. The van der Waals surface area contributed by atoms with Crippen molar-refractivity contribution in [2.75, 3.05) is 39.3 Å². The molecule has 4 aromatic rings. The zero-order valence-corrected chi connectivity index (χ0v) is 26.0. The van der Waals surface area contributed by atoms with Crippen LogP contribution >= 0.6 is 0 Å². The number of nitrogens with one attached hydrogen (secondary N) is 1. The second-order valence-corrected chi connectivity index (χ2v) is 12.1. The lowest BCUT2D eigenvalue weighted by Gasteiger charge is -2.34. The second-order valence-electron chi connectivity index (χ2n) is 12.1. The van der Waals surface area contributed by atoms with Gasteiger partial charge in [0.2, 0.25) is 0 Å². The molecule has 0 unspecified atom stereocenters. The van der Waals surface area contributed by atoms with Gasteiger partial charge in [-0.15, -0.1) is 0 Å². The van der Waals surface area contributed by atoms with E-state index in [4.69, 9.17) is 0 Å². The van der Waals surface area contributed by atoms with E-state index in [1.54, 1.807) is 0 Å². The first kappa shape index (κ1) is 30.8. The van der Waals surface area contributed by atoms with Crippen molar-refractivity contribution in [1.82, 2.24) is 15.1 Å². The fourth-order valence-corrected chi connectivity index (χ4v) is 6.42. The first-order valence-electron chi connectivity index (χ1n) is 16.3. The summed E-state index contributed by atoms with van der Waals surface area (Å²) >= 11 is 0. The third kappa shape index (κ3) is 9.41. The number of benzene rings is 4. The Balaban J connectivity index is 1.04. The van der Waals surface area contributed by atoms with Crippen LogP contribution in [0.2, 0.25) is 0 Å². The third-order valence-electron chi connectivity index (χ3n) is 9.06. The molecule has 3 nitrogen and oxygen atoms in total. The second kappa shape index (κ2) is 16.3. The van der Waals surface area contributed by atoms with Gasteiger partial charge in [-0.3, -0.25) is 4.90 Å². The molecule has 1 aliphatic rings. The number of nitrogens with zero attached hydrogens (tertiary/aromatic N) is 2. The normalized spacial score (nSPS) is 14.3. The van der Waals surface area contributed by atoms with E-state index in [2.05, 4.69) is 144 Å². The minimum atomic E-state index is 0.424. The standard InChI is InChI=1S/C40H49N3/c1-3-42(31-36-14-7-4-8-15-36)27-13-26-41-33(2)37-22-20-34(21-23-37)30-35-24-28-43(29-25-35)32-40(38-16-9-5-10-17-38)39-18-11-6-12-19-39/h4-12,14-23,35,40-41H,2-3,13,24-32H2,1H3. The minimum absolute atomic E-state index is 0.424. The molecular weight excluding hydrogens is 522 g/mol. The molecule has 4 aromatic carbocycles. The molecule has 0 saturated carbocycles. The van der Waals surface area contributed by atoms with Crippen molar-refractivity contribution in [1.29, 1.82) is 0 Å². The van der Waals surface area contributed by atoms with Gasteiger partial charge in [0.15, 0.2) is 0 Å². The Bertz CT molecular complexity index is 1300. The van der Waals surface area contributed by atoms with Crippen molar-refractivity contribution in [2.45, 2.75) is 45.1 Å². The van der Waals surface area contributed by atoms with Crippen LogP contribution in [-0.4, -0.2) is 49.1 Å². The summed E-state index contributed by atoms with van der Waals surface area (Å²) in [5.74, 6) is 1.18. The van der Waals surface area contributed by atoms with Crippen LogP contribution in [0.3, 0.4) is 0 Å². The van der Waals surface area contributed by atoms with E-state index >= 15 is 0 Å². The van der Waals surface area contributed by atoms with Gasteiger partial charge in [0, 0.05) is 37.8 Å². The molecule has 0 spiro atoms. The summed E-state index contributed by atoms with van der Waals surface area (Å²) < 4.78 is 0. The zero-order valence-electron chi connectivity index (χ0n) is 26.0. The first-order valence-corrected chi connectivity index (χ1v) is 16.3. The Kier molecular flexibility index (Phi) is 11.6. The van der Waals surface area contributed by atoms with E-state index in [1.165, 1.54) is 60.2 Å². The van der Waals surface area contributed by atoms with E-state index in [0.717, 1.165) is 50.8 Å². The lowest BCUT2D eigenvalue weighted by Crippen LogP contribution is -2.37. The number of hydrogen-bond donors (Lipinski definition) is 1. The van der Waals surface area contributed by atoms with Gasteiger partial charge in [0.1, 0.15) is 0 Å². The van der Waals surface area contributed by atoms with Crippen LogP contribution in [0.15, 0.2) is 122 Å². The Labute approximate surface area is 260 Å². The molecular formula is C40H49N3. The molecule has 1 N–H and O–H groups in total. The summed E-state index contributed by atoms with van der Waals surface area (Å²) in [4.78, 5) is 5.19.